The van der Waals surface area contributed by atoms with Gasteiger partial charge >= 0.3 is 0 Å². The number of halogens is 2. The van der Waals surface area contributed by atoms with Gasteiger partial charge in [-0.15, -0.1) is 0 Å². The molecule has 1 heterocycles. The fourth-order valence-electron chi connectivity index (χ4n) is 1.41. The molecule has 17 heavy (non-hydrogen) atoms. The lowest BCUT2D eigenvalue weighted by atomic mass is 10.3. The Bertz CT molecular complexity index is 566. The molecule has 1 aromatic carbocycles. The van der Waals surface area contributed by atoms with Gasteiger partial charge in [0.2, 0.25) is 0 Å². The molecule has 6 heteroatoms. The normalized spacial score (nSPS) is 10.3. The van der Waals surface area contributed by atoms with E-state index in [1.165, 1.54) is 17.9 Å². The van der Waals surface area contributed by atoms with Crippen molar-refractivity contribution in [3.05, 3.63) is 46.2 Å². The third kappa shape index (κ3) is 2.14. The predicted molar refractivity (Wildman–Crippen MR) is 67.0 cm³/mol. The number of amides is 1. The smallest absolute Gasteiger partial charge is 0.255 e. The third-order valence-electron chi connectivity index (χ3n) is 2.26. The van der Waals surface area contributed by atoms with Crippen LogP contribution in [0.25, 0.3) is 5.69 Å². The van der Waals surface area contributed by atoms with E-state index in [9.17, 15) is 4.79 Å². The fourth-order valence-corrected chi connectivity index (χ4v) is 1.90. The van der Waals surface area contributed by atoms with Crippen LogP contribution in [0.2, 0.25) is 10.2 Å². The zero-order valence-corrected chi connectivity index (χ0v) is 10.5. The van der Waals surface area contributed by atoms with E-state index >= 15 is 0 Å². The maximum atomic E-state index is 11.5. The molecule has 0 unspecified atom stereocenters. The molecule has 0 aliphatic carbocycles. The minimum absolute atomic E-state index is 0.234. The summed E-state index contributed by atoms with van der Waals surface area (Å²) in [5, 5.41) is 7.30. The van der Waals surface area contributed by atoms with Crippen LogP contribution in [0.1, 0.15) is 10.4 Å². The molecule has 88 valence electrons. The van der Waals surface area contributed by atoms with Crippen molar-refractivity contribution >= 4 is 29.1 Å². The van der Waals surface area contributed by atoms with E-state index in [-0.39, 0.29) is 11.1 Å². The van der Waals surface area contributed by atoms with Crippen LogP contribution in [0.4, 0.5) is 0 Å². The number of carbonyl (C=O) groups is 1. The highest BCUT2D eigenvalue weighted by Crippen LogP contribution is 2.25. The second-order valence-electron chi connectivity index (χ2n) is 3.29. The van der Waals surface area contributed by atoms with Crippen LogP contribution in [0.3, 0.4) is 0 Å². The number of rotatable bonds is 2. The summed E-state index contributed by atoms with van der Waals surface area (Å²) in [7, 11) is 1.53. The molecule has 0 saturated carbocycles. The monoisotopic (exact) mass is 269 g/mol. The molecule has 0 saturated heterocycles. The fraction of sp³-hybridized carbons (Fsp3) is 0.0909. The summed E-state index contributed by atoms with van der Waals surface area (Å²) in [5.74, 6) is -0.284. The highest BCUT2D eigenvalue weighted by molar-refractivity contribution is 6.34. The Kier molecular flexibility index (Phi) is 3.36. The van der Waals surface area contributed by atoms with Gasteiger partial charge in [0.15, 0.2) is 0 Å². The largest absolute Gasteiger partial charge is 0.355 e. The van der Waals surface area contributed by atoms with Crippen LogP contribution in [-0.4, -0.2) is 22.7 Å². The molecule has 0 bridgehead atoms. The summed E-state index contributed by atoms with van der Waals surface area (Å²) in [6, 6.07) is 7.13. The van der Waals surface area contributed by atoms with Crippen molar-refractivity contribution in [2.75, 3.05) is 7.05 Å². The number of hydrogen-bond donors (Lipinski definition) is 1. The van der Waals surface area contributed by atoms with Gasteiger partial charge in [-0.05, 0) is 12.1 Å². The van der Waals surface area contributed by atoms with E-state index in [1.807, 2.05) is 12.1 Å². The molecule has 2 rings (SSSR count). The van der Waals surface area contributed by atoms with E-state index in [2.05, 4.69) is 10.4 Å². The maximum absolute atomic E-state index is 11.5. The molecule has 2 aromatic rings. The van der Waals surface area contributed by atoms with E-state index < -0.39 is 0 Å². The first-order valence-electron chi connectivity index (χ1n) is 4.85. The first-order valence-corrected chi connectivity index (χ1v) is 5.61. The van der Waals surface area contributed by atoms with Gasteiger partial charge < -0.3 is 5.32 Å². The average Bonchev–Trinajstić information content (AvgIpc) is 2.71. The summed E-state index contributed by atoms with van der Waals surface area (Å²) in [6.45, 7) is 0. The summed E-state index contributed by atoms with van der Waals surface area (Å²) in [4.78, 5) is 11.5. The molecular weight excluding hydrogens is 261 g/mol. The topological polar surface area (TPSA) is 46.9 Å². The first-order chi connectivity index (χ1) is 8.15. The lowest BCUT2D eigenvalue weighted by molar-refractivity contribution is 0.0963. The van der Waals surface area contributed by atoms with E-state index in [0.717, 1.165) is 0 Å². The lowest BCUT2D eigenvalue weighted by Gasteiger charge is -2.05. The molecule has 0 aliphatic heterocycles. The van der Waals surface area contributed by atoms with Crippen LogP contribution in [0.15, 0.2) is 30.5 Å². The first kappa shape index (κ1) is 12.0. The Labute approximate surface area is 108 Å². The van der Waals surface area contributed by atoms with E-state index in [1.54, 1.807) is 12.1 Å². The lowest BCUT2D eigenvalue weighted by Crippen LogP contribution is -2.17. The van der Waals surface area contributed by atoms with Crippen molar-refractivity contribution in [2.24, 2.45) is 0 Å². The highest BCUT2D eigenvalue weighted by atomic mass is 35.5. The highest BCUT2D eigenvalue weighted by Gasteiger charge is 2.16. The zero-order chi connectivity index (χ0) is 12.4. The quantitative estimate of drug-likeness (QED) is 0.911. The molecule has 0 fully saturated rings. The second-order valence-corrected chi connectivity index (χ2v) is 4.06. The Balaban J connectivity index is 2.52. The molecule has 0 aliphatic rings. The molecule has 4 nitrogen and oxygen atoms in total. The van der Waals surface area contributed by atoms with Gasteiger partial charge in [-0.2, -0.15) is 5.10 Å². The molecule has 1 N–H and O–H groups in total. The van der Waals surface area contributed by atoms with Crippen molar-refractivity contribution in [1.82, 2.24) is 15.1 Å². The molecule has 0 atom stereocenters. The standard InChI is InChI=1S/C11H9Cl2N3O/c1-14-11(17)7-6-15-16(10(7)13)9-5-3-2-4-8(9)12/h2-6H,1H3,(H,14,17). The number of aromatic nitrogens is 2. The van der Waals surface area contributed by atoms with Crippen molar-refractivity contribution < 1.29 is 4.79 Å². The van der Waals surface area contributed by atoms with Gasteiger partial charge in [0.1, 0.15) is 5.15 Å². The molecule has 0 radical (unpaired) electrons. The van der Waals surface area contributed by atoms with Crippen LogP contribution < -0.4 is 5.32 Å². The van der Waals surface area contributed by atoms with Gasteiger partial charge in [-0.25, -0.2) is 4.68 Å². The van der Waals surface area contributed by atoms with Crippen LogP contribution in [0, 0.1) is 0 Å². The number of carbonyl (C=O) groups excluding carboxylic acids is 1. The Hall–Kier alpha value is -1.52. The SMILES string of the molecule is CNC(=O)c1cnn(-c2ccccc2Cl)c1Cl. The van der Waals surface area contributed by atoms with E-state index in [4.69, 9.17) is 23.2 Å². The summed E-state index contributed by atoms with van der Waals surface area (Å²) in [5.41, 5.74) is 0.948. The van der Waals surface area contributed by atoms with Gasteiger partial charge in [-0.3, -0.25) is 4.79 Å². The number of nitrogens with zero attached hydrogens (tertiary/aromatic N) is 2. The maximum Gasteiger partial charge on any atom is 0.255 e. The van der Waals surface area contributed by atoms with Crippen molar-refractivity contribution in [1.29, 1.82) is 0 Å². The van der Waals surface area contributed by atoms with Crippen molar-refractivity contribution in [3.63, 3.8) is 0 Å². The number of hydrogen-bond acceptors (Lipinski definition) is 2. The average molecular weight is 270 g/mol. The van der Waals surface area contributed by atoms with Gasteiger partial charge in [0, 0.05) is 7.05 Å². The third-order valence-corrected chi connectivity index (χ3v) is 2.95. The Morgan fingerprint density at radius 3 is 2.71 bits per heavy atom. The van der Waals surface area contributed by atoms with Gasteiger partial charge in [0.25, 0.3) is 5.91 Å². The minimum atomic E-state index is -0.284. The zero-order valence-electron chi connectivity index (χ0n) is 8.95. The summed E-state index contributed by atoms with van der Waals surface area (Å²) in [6.07, 6.45) is 1.41. The number of para-hydroxylation sites is 1. The summed E-state index contributed by atoms with van der Waals surface area (Å²) < 4.78 is 1.43. The Morgan fingerprint density at radius 1 is 1.35 bits per heavy atom. The van der Waals surface area contributed by atoms with Gasteiger partial charge in [-0.1, -0.05) is 35.3 Å². The number of nitrogens with one attached hydrogen (secondary N) is 1. The number of benzene rings is 1. The molecule has 0 spiro atoms. The van der Waals surface area contributed by atoms with Crippen LogP contribution in [0.5, 0.6) is 0 Å². The second kappa shape index (κ2) is 4.77. The van der Waals surface area contributed by atoms with E-state index in [0.29, 0.717) is 16.3 Å². The van der Waals surface area contributed by atoms with Gasteiger partial charge in [0.05, 0.1) is 22.5 Å². The van der Waals surface area contributed by atoms with Crippen molar-refractivity contribution in [2.45, 2.75) is 0 Å². The molecule has 1 aromatic heterocycles. The summed E-state index contributed by atoms with van der Waals surface area (Å²) >= 11 is 12.1. The molecular formula is C11H9Cl2N3O. The minimum Gasteiger partial charge on any atom is -0.355 e. The van der Waals surface area contributed by atoms with Crippen LogP contribution >= 0.6 is 23.2 Å². The predicted octanol–water partition coefficient (Wildman–Crippen LogP) is 2.54. The van der Waals surface area contributed by atoms with Crippen molar-refractivity contribution in [3.8, 4) is 5.69 Å². The Morgan fingerprint density at radius 2 is 2.06 bits per heavy atom. The van der Waals surface area contributed by atoms with Crippen LogP contribution in [-0.2, 0) is 0 Å². The molecule has 1 amide bonds.